The summed E-state index contributed by atoms with van der Waals surface area (Å²) in [4.78, 5) is 10.6. The van der Waals surface area contributed by atoms with Gasteiger partial charge in [0.25, 0.3) is 5.88 Å². The lowest BCUT2D eigenvalue weighted by Crippen LogP contribution is -2.52. The van der Waals surface area contributed by atoms with Gasteiger partial charge in [0.15, 0.2) is 0 Å². The van der Waals surface area contributed by atoms with Gasteiger partial charge in [-0.2, -0.15) is 0 Å². The molecule has 1 heterocycles. The van der Waals surface area contributed by atoms with E-state index >= 15 is 0 Å². The van der Waals surface area contributed by atoms with E-state index in [4.69, 9.17) is 4.74 Å². The lowest BCUT2D eigenvalue weighted by Gasteiger charge is -2.41. The predicted molar refractivity (Wildman–Crippen MR) is 79.8 cm³/mol. The number of carbonyl (C=O) groups is 1. The zero-order valence-corrected chi connectivity index (χ0v) is 11.8. The molecular weight excluding hydrogens is 243 g/mol. The average molecular weight is 261 g/mol. The third-order valence-corrected chi connectivity index (χ3v) is 3.44. The first-order valence-corrected chi connectivity index (χ1v) is 6.43. The Labute approximate surface area is 115 Å². The zero-order chi connectivity index (χ0) is 14.3. The van der Waals surface area contributed by atoms with Gasteiger partial charge in [0, 0.05) is 0 Å². The van der Waals surface area contributed by atoms with Crippen LogP contribution in [0.3, 0.4) is 0 Å². The molecule has 0 bridgehead atoms. The normalized spacial score (nSPS) is 26.5. The molecular formula is C10H18B3N3O3. The Hall–Kier alpha value is -1.37. The van der Waals surface area contributed by atoms with Crippen molar-refractivity contribution in [2.75, 3.05) is 5.32 Å². The first-order chi connectivity index (χ1) is 8.74. The van der Waals surface area contributed by atoms with Gasteiger partial charge in [0.2, 0.25) is 6.41 Å². The molecule has 6 nitrogen and oxygen atoms in total. The highest BCUT2D eigenvalue weighted by atomic mass is 16.5. The van der Waals surface area contributed by atoms with E-state index in [1.54, 1.807) is 17.8 Å². The maximum absolute atomic E-state index is 10.6. The molecule has 1 amide bonds. The number of nitrogens with zero attached hydrogens (tertiary/aromatic N) is 2. The van der Waals surface area contributed by atoms with Crippen LogP contribution >= 0.6 is 0 Å². The monoisotopic (exact) mass is 261 g/mol. The molecule has 1 aliphatic rings. The van der Waals surface area contributed by atoms with Crippen molar-refractivity contribution in [3.8, 4) is 5.88 Å². The Morgan fingerprint density at radius 1 is 1.68 bits per heavy atom. The molecule has 0 unspecified atom stereocenters. The van der Waals surface area contributed by atoms with Gasteiger partial charge in [0.1, 0.15) is 35.3 Å². The minimum atomic E-state index is -0.816. The van der Waals surface area contributed by atoms with E-state index in [-0.39, 0.29) is 11.3 Å². The van der Waals surface area contributed by atoms with Gasteiger partial charge in [-0.1, -0.05) is 0 Å². The second kappa shape index (κ2) is 4.63. The summed E-state index contributed by atoms with van der Waals surface area (Å²) in [7, 11) is 6.02. The molecule has 1 aromatic heterocycles. The van der Waals surface area contributed by atoms with Gasteiger partial charge in [-0.05, 0) is 25.0 Å². The molecule has 100 valence electrons. The maximum atomic E-state index is 10.6. The summed E-state index contributed by atoms with van der Waals surface area (Å²) < 4.78 is 7.46. The number of ether oxygens (including phenoxy) is 1. The Bertz CT molecular complexity index is 484. The van der Waals surface area contributed by atoms with Crippen molar-refractivity contribution in [1.29, 1.82) is 0 Å². The largest absolute Gasteiger partial charge is 0.469 e. The molecule has 1 aliphatic carbocycles. The van der Waals surface area contributed by atoms with Crippen LogP contribution in [0.1, 0.15) is 19.8 Å². The molecule has 1 fully saturated rings. The van der Waals surface area contributed by atoms with Crippen molar-refractivity contribution in [2.45, 2.75) is 36.7 Å². The van der Waals surface area contributed by atoms with Gasteiger partial charge in [-0.15, -0.1) is 5.10 Å². The van der Waals surface area contributed by atoms with E-state index in [9.17, 15) is 9.90 Å². The number of amides is 1. The summed E-state index contributed by atoms with van der Waals surface area (Å²) in [5.41, 5.74) is -0.295. The molecule has 0 radical (unpaired) electrons. The summed E-state index contributed by atoms with van der Waals surface area (Å²) in [6, 6.07) is 0. The fourth-order valence-electron chi connectivity index (χ4n) is 1.95. The molecule has 2 atom stereocenters. The van der Waals surface area contributed by atoms with Crippen LogP contribution < -0.4 is 10.1 Å². The third-order valence-electron chi connectivity index (χ3n) is 3.44. The van der Waals surface area contributed by atoms with E-state index in [2.05, 4.69) is 10.4 Å². The fourth-order valence-corrected chi connectivity index (χ4v) is 1.95. The number of anilines is 1. The molecule has 1 saturated carbocycles. The minimum Gasteiger partial charge on any atom is -0.469 e. The van der Waals surface area contributed by atoms with Gasteiger partial charge < -0.3 is 15.2 Å². The Balaban J connectivity index is 2.23. The summed E-state index contributed by atoms with van der Waals surface area (Å²) in [6.07, 6.45) is 3.56. The van der Waals surface area contributed by atoms with E-state index in [0.717, 1.165) is 6.42 Å². The standard InChI is InChI=1S/C10H18B3N3O3/c1-9(18)3-2-7(9)19-8-6(14-5-17)4-16(15-8)10(11,12)13/h4-5,7,18H,2-3,11-13H2,1H3,(H,14,17)/t7-,9-/m1/s1. The van der Waals surface area contributed by atoms with Gasteiger partial charge >= 0.3 is 0 Å². The molecule has 1 aromatic rings. The van der Waals surface area contributed by atoms with Crippen molar-refractivity contribution >= 4 is 35.6 Å². The van der Waals surface area contributed by atoms with Crippen molar-refractivity contribution < 1.29 is 14.6 Å². The smallest absolute Gasteiger partial charge is 0.257 e. The topological polar surface area (TPSA) is 76.4 Å². The summed E-state index contributed by atoms with van der Waals surface area (Å²) >= 11 is 0. The lowest BCUT2D eigenvalue weighted by molar-refractivity contribution is -0.119. The van der Waals surface area contributed by atoms with Crippen LogP contribution in [0.25, 0.3) is 0 Å². The molecule has 0 aliphatic heterocycles. The Morgan fingerprint density at radius 3 is 2.79 bits per heavy atom. The van der Waals surface area contributed by atoms with Gasteiger partial charge in [0.05, 0.1) is 11.8 Å². The number of hydrogen-bond acceptors (Lipinski definition) is 4. The highest BCUT2D eigenvalue weighted by Crippen LogP contribution is 2.36. The average Bonchev–Trinajstić information content (AvgIpc) is 2.68. The number of nitrogens with one attached hydrogen (secondary N) is 1. The maximum Gasteiger partial charge on any atom is 0.257 e. The zero-order valence-electron chi connectivity index (χ0n) is 11.8. The van der Waals surface area contributed by atoms with Crippen LogP contribution in [0.4, 0.5) is 5.69 Å². The molecule has 9 heteroatoms. The van der Waals surface area contributed by atoms with Crippen LogP contribution in [-0.2, 0) is 10.0 Å². The number of rotatable bonds is 5. The summed E-state index contributed by atoms with van der Waals surface area (Å²) in [5.74, 6) is 0.354. The second-order valence-corrected chi connectivity index (χ2v) is 6.23. The molecule has 0 saturated heterocycles. The SMILES string of the molecule is BC(B)(B)n1cc(NC=O)c(O[C@@H]2CC[C@@]2(C)O)n1. The quantitative estimate of drug-likeness (QED) is 0.443. The minimum absolute atomic E-state index is 0.205. The molecule has 0 aromatic carbocycles. The Morgan fingerprint density at radius 2 is 2.37 bits per heavy atom. The van der Waals surface area contributed by atoms with Crippen LogP contribution in [0.2, 0.25) is 0 Å². The van der Waals surface area contributed by atoms with Crippen LogP contribution in [0.15, 0.2) is 6.20 Å². The van der Waals surface area contributed by atoms with E-state index in [1.807, 2.05) is 23.5 Å². The lowest BCUT2D eigenvalue weighted by atomic mass is 9.49. The van der Waals surface area contributed by atoms with Crippen LogP contribution in [0.5, 0.6) is 5.88 Å². The van der Waals surface area contributed by atoms with Crippen LogP contribution in [0, 0.1) is 0 Å². The van der Waals surface area contributed by atoms with Gasteiger partial charge in [-0.25, -0.2) is 0 Å². The van der Waals surface area contributed by atoms with Crippen molar-refractivity contribution in [2.24, 2.45) is 0 Å². The number of aromatic nitrogens is 2. The number of carbonyl (C=O) groups excluding carboxylic acids is 1. The highest BCUT2D eigenvalue weighted by Gasteiger charge is 2.43. The fraction of sp³-hybridized carbons (Fsp3) is 0.600. The molecule has 19 heavy (non-hydrogen) atoms. The molecule has 0 spiro atoms. The molecule has 2 rings (SSSR count). The predicted octanol–water partition coefficient (Wildman–Crippen LogP) is -2.79. The number of hydrogen-bond donors (Lipinski definition) is 2. The van der Waals surface area contributed by atoms with E-state index < -0.39 is 5.60 Å². The molecule has 2 N–H and O–H groups in total. The number of aliphatic hydroxyl groups is 1. The second-order valence-electron chi connectivity index (χ2n) is 6.23. The van der Waals surface area contributed by atoms with Crippen molar-refractivity contribution in [1.82, 2.24) is 9.78 Å². The van der Waals surface area contributed by atoms with Crippen molar-refractivity contribution in [3.63, 3.8) is 0 Å². The first kappa shape index (κ1) is 14.1. The Kier molecular flexibility index (Phi) is 3.42. The van der Waals surface area contributed by atoms with Crippen LogP contribution in [-0.4, -0.2) is 56.5 Å². The van der Waals surface area contributed by atoms with Gasteiger partial charge in [-0.3, -0.25) is 9.48 Å². The van der Waals surface area contributed by atoms with Crippen molar-refractivity contribution in [3.05, 3.63) is 6.20 Å². The summed E-state index contributed by atoms with van der Waals surface area (Å²) in [6.45, 7) is 1.74. The highest BCUT2D eigenvalue weighted by molar-refractivity contribution is 6.56. The first-order valence-electron chi connectivity index (χ1n) is 6.43. The summed E-state index contributed by atoms with van der Waals surface area (Å²) in [5, 5.41) is 16.7. The van der Waals surface area contributed by atoms with E-state index in [0.29, 0.717) is 24.4 Å². The van der Waals surface area contributed by atoms with E-state index in [1.165, 1.54) is 0 Å². The third kappa shape index (κ3) is 2.81.